The van der Waals surface area contributed by atoms with E-state index in [1.54, 1.807) is 30.3 Å². The van der Waals surface area contributed by atoms with E-state index in [9.17, 15) is 13.2 Å². The first-order valence-electron chi connectivity index (χ1n) is 7.03. The maximum absolute atomic E-state index is 12.5. The summed E-state index contributed by atoms with van der Waals surface area (Å²) in [7, 11) is -3.45. The summed E-state index contributed by atoms with van der Waals surface area (Å²) in [5.41, 5.74) is 0.850. The standard InChI is InChI=1S/C17H18O4S/c18-17(19)12-11-15(14-7-3-1-4-8-14)13-22(20,21)16-9-5-2-6-10-16/h1-10,15H,11-13H2,(H,18,19)/t15-/m1/s1. The number of carboxylic acids is 1. The average molecular weight is 318 g/mol. The van der Waals surface area contributed by atoms with Crippen molar-refractivity contribution in [2.45, 2.75) is 23.7 Å². The number of hydrogen-bond donors (Lipinski definition) is 1. The Kier molecular flexibility index (Phi) is 5.33. The minimum absolute atomic E-state index is 0.0517. The fourth-order valence-electron chi connectivity index (χ4n) is 2.36. The van der Waals surface area contributed by atoms with Crippen molar-refractivity contribution < 1.29 is 18.3 Å². The van der Waals surface area contributed by atoms with Crippen molar-refractivity contribution in [2.24, 2.45) is 0 Å². The fourth-order valence-corrected chi connectivity index (χ4v) is 4.01. The number of hydrogen-bond acceptors (Lipinski definition) is 3. The molecule has 0 aliphatic heterocycles. The Hall–Kier alpha value is -2.14. The highest BCUT2D eigenvalue weighted by molar-refractivity contribution is 7.91. The van der Waals surface area contributed by atoms with Gasteiger partial charge in [0, 0.05) is 6.42 Å². The van der Waals surface area contributed by atoms with Crippen molar-refractivity contribution in [3.63, 3.8) is 0 Å². The smallest absolute Gasteiger partial charge is 0.303 e. The number of benzene rings is 2. The van der Waals surface area contributed by atoms with Gasteiger partial charge >= 0.3 is 5.97 Å². The summed E-state index contributed by atoms with van der Waals surface area (Å²) in [5, 5.41) is 8.88. The highest BCUT2D eigenvalue weighted by atomic mass is 32.2. The summed E-state index contributed by atoms with van der Waals surface area (Å²) in [6, 6.07) is 17.4. The summed E-state index contributed by atoms with van der Waals surface area (Å²) in [4.78, 5) is 11.1. The number of sulfone groups is 1. The molecular formula is C17H18O4S. The molecule has 0 heterocycles. The van der Waals surface area contributed by atoms with E-state index in [1.807, 2.05) is 30.3 Å². The van der Waals surface area contributed by atoms with Gasteiger partial charge in [0.1, 0.15) is 0 Å². The van der Waals surface area contributed by atoms with Gasteiger partial charge in [0.15, 0.2) is 9.84 Å². The number of rotatable bonds is 7. The lowest BCUT2D eigenvalue weighted by Crippen LogP contribution is -2.16. The van der Waals surface area contributed by atoms with Gasteiger partial charge in [-0.2, -0.15) is 0 Å². The Morgan fingerprint density at radius 3 is 2.05 bits per heavy atom. The summed E-state index contributed by atoms with van der Waals surface area (Å²) < 4.78 is 25.0. The molecule has 0 aliphatic rings. The van der Waals surface area contributed by atoms with Gasteiger partial charge in [-0.15, -0.1) is 0 Å². The van der Waals surface area contributed by atoms with E-state index < -0.39 is 15.8 Å². The third kappa shape index (κ3) is 4.43. The summed E-state index contributed by atoms with van der Waals surface area (Å²) in [5.74, 6) is -1.34. The predicted molar refractivity (Wildman–Crippen MR) is 84.5 cm³/mol. The molecule has 2 aromatic carbocycles. The minimum Gasteiger partial charge on any atom is -0.481 e. The van der Waals surface area contributed by atoms with Crippen LogP contribution in [0.3, 0.4) is 0 Å². The molecule has 1 N–H and O–H groups in total. The van der Waals surface area contributed by atoms with Gasteiger partial charge in [0.25, 0.3) is 0 Å². The zero-order valence-electron chi connectivity index (χ0n) is 12.1. The quantitative estimate of drug-likeness (QED) is 0.851. The van der Waals surface area contributed by atoms with Crippen molar-refractivity contribution in [3.8, 4) is 0 Å². The first kappa shape index (κ1) is 16.2. The van der Waals surface area contributed by atoms with Crippen LogP contribution in [-0.2, 0) is 14.6 Å². The Labute approximate surface area is 130 Å². The second-order valence-electron chi connectivity index (χ2n) is 5.13. The van der Waals surface area contributed by atoms with Gasteiger partial charge < -0.3 is 5.11 Å². The fraction of sp³-hybridized carbons (Fsp3) is 0.235. The van der Waals surface area contributed by atoms with Crippen LogP contribution in [0.15, 0.2) is 65.6 Å². The summed E-state index contributed by atoms with van der Waals surface area (Å²) in [6.45, 7) is 0. The van der Waals surface area contributed by atoms with Gasteiger partial charge in [-0.25, -0.2) is 8.42 Å². The average Bonchev–Trinajstić information content (AvgIpc) is 2.53. The van der Waals surface area contributed by atoms with E-state index >= 15 is 0 Å². The molecule has 4 nitrogen and oxygen atoms in total. The topological polar surface area (TPSA) is 71.4 Å². The molecule has 2 aromatic rings. The molecule has 116 valence electrons. The molecule has 22 heavy (non-hydrogen) atoms. The van der Waals surface area contributed by atoms with Crippen LogP contribution >= 0.6 is 0 Å². The second kappa shape index (κ2) is 7.22. The van der Waals surface area contributed by atoms with Crippen LogP contribution in [0, 0.1) is 0 Å². The second-order valence-corrected chi connectivity index (χ2v) is 7.17. The third-order valence-electron chi connectivity index (χ3n) is 3.50. The molecule has 0 spiro atoms. The lowest BCUT2D eigenvalue weighted by Gasteiger charge is -2.17. The molecule has 5 heteroatoms. The molecule has 0 aromatic heterocycles. The maximum atomic E-state index is 12.5. The van der Waals surface area contributed by atoms with E-state index in [1.165, 1.54) is 0 Å². The lowest BCUT2D eigenvalue weighted by molar-refractivity contribution is -0.137. The van der Waals surface area contributed by atoms with Crippen molar-refractivity contribution in [2.75, 3.05) is 5.75 Å². The van der Waals surface area contributed by atoms with Gasteiger partial charge in [0.05, 0.1) is 10.6 Å². The predicted octanol–water partition coefficient (Wildman–Crippen LogP) is 3.11. The number of carbonyl (C=O) groups is 1. The van der Waals surface area contributed by atoms with Crippen molar-refractivity contribution >= 4 is 15.8 Å². The molecule has 0 radical (unpaired) electrons. The molecule has 1 atom stereocenters. The third-order valence-corrected chi connectivity index (χ3v) is 5.33. The zero-order chi connectivity index (χ0) is 16.0. The van der Waals surface area contributed by atoms with Gasteiger partial charge in [0.2, 0.25) is 0 Å². The van der Waals surface area contributed by atoms with Crippen LogP contribution in [0.5, 0.6) is 0 Å². The minimum atomic E-state index is -3.45. The van der Waals surface area contributed by atoms with Crippen LogP contribution in [-0.4, -0.2) is 25.2 Å². The van der Waals surface area contributed by atoms with E-state index in [0.29, 0.717) is 6.42 Å². The van der Waals surface area contributed by atoms with Crippen molar-refractivity contribution in [3.05, 3.63) is 66.2 Å². The summed E-state index contributed by atoms with van der Waals surface area (Å²) >= 11 is 0. The van der Waals surface area contributed by atoms with E-state index in [4.69, 9.17) is 5.11 Å². The van der Waals surface area contributed by atoms with Crippen LogP contribution in [0.4, 0.5) is 0 Å². The molecular weight excluding hydrogens is 300 g/mol. The molecule has 0 bridgehead atoms. The Morgan fingerprint density at radius 1 is 0.955 bits per heavy atom. The molecule has 2 rings (SSSR count). The van der Waals surface area contributed by atoms with Crippen LogP contribution < -0.4 is 0 Å². The Bertz CT molecular complexity index is 709. The normalized spacial score (nSPS) is 12.7. The van der Waals surface area contributed by atoms with Crippen LogP contribution in [0.2, 0.25) is 0 Å². The monoisotopic (exact) mass is 318 g/mol. The molecule has 0 unspecified atom stereocenters. The first-order chi connectivity index (χ1) is 10.5. The number of carboxylic acid groups (broad SMARTS) is 1. The van der Waals surface area contributed by atoms with E-state index in [0.717, 1.165) is 5.56 Å². The Balaban J connectivity index is 2.24. The highest BCUT2D eigenvalue weighted by Gasteiger charge is 2.23. The maximum Gasteiger partial charge on any atom is 0.303 e. The first-order valence-corrected chi connectivity index (χ1v) is 8.69. The van der Waals surface area contributed by atoms with E-state index in [-0.39, 0.29) is 23.0 Å². The molecule has 0 saturated heterocycles. The van der Waals surface area contributed by atoms with E-state index in [2.05, 4.69) is 0 Å². The SMILES string of the molecule is O=C(O)CC[C@H](CS(=O)(=O)c1ccccc1)c1ccccc1. The van der Waals surface area contributed by atoms with Crippen molar-refractivity contribution in [1.29, 1.82) is 0 Å². The van der Waals surface area contributed by atoms with Gasteiger partial charge in [-0.3, -0.25) is 4.79 Å². The molecule has 0 amide bonds. The largest absolute Gasteiger partial charge is 0.481 e. The molecule has 0 saturated carbocycles. The van der Waals surface area contributed by atoms with Crippen LogP contribution in [0.1, 0.15) is 24.3 Å². The number of aliphatic carboxylic acids is 1. The Morgan fingerprint density at radius 2 is 1.50 bits per heavy atom. The van der Waals surface area contributed by atoms with Gasteiger partial charge in [-0.05, 0) is 30.0 Å². The summed E-state index contributed by atoms with van der Waals surface area (Å²) in [6.07, 6.45) is 0.245. The molecule has 0 aliphatic carbocycles. The van der Waals surface area contributed by atoms with Crippen LogP contribution in [0.25, 0.3) is 0 Å². The lowest BCUT2D eigenvalue weighted by atomic mass is 9.96. The molecule has 0 fully saturated rings. The highest BCUT2D eigenvalue weighted by Crippen LogP contribution is 2.26. The van der Waals surface area contributed by atoms with Gasteiger partial charge in [-0.1, -0.05) is 48.5 Å². The van der Waals surface area contributed by atoms with Crippen molar-refractivity contribution in [1.82, 2.24) is 0 Å². The zero-order valence-corrected chi connectivity index (χ0v) is 12.9.